The van der Waals surface area contributed by atoms with E-state index in [1.807, 2.05) is 61.5 Å². The highest BCUT2D eigenvalue weighted by atomic mass is 16.5. The Kier molecular flexibility index (Phi) is 5.63. The molecule has 5 amide bonds. The summed E-state index contributed by atoms with van der Waals surface area (Å²) in [5.41, 5.74) is 2.55. The van der Waals surface area contributed by atoms with Gasteiger partial charge in [-0.1, -0.05) is 55.5 Å². The van der Waals surface area contributed by atoms with Crippen molar-refractivity contribution in [2.45, 2.75) is 43.9 Å². The highest BCUT2D eigenvalue weighted by molar-refractivity contribution is 6.09. The standard InChI is InChI=1S/C29H26N4O5/c1-2-22-26(35)33(21-10-6-7-11-23(21)38-22)24(17-8-4-3-5-9-17)25(34)30-20-13-12-18-15-29(16-19(18)14-20)27(36)31-28(37)32-29/h3-14,22,24H,2,15-16H2,1H3,(H,30,34)(H2,31,32,36,37). The van der Waals surface area contributed by atoms with Gasteiger partial charge in [-0.05, 0) is 47.4 Å². The summed E-state index contributed by atoms with van der Waals surface area (Å²) in [6.07, 6.45) is 0.480. The number of rotatable bonds is 5. The van der Waals surface area contributed by atoms with Crippen molar-refractivity contribution >= 4 is 35.1 Å². The summed E-state index contributed by atoms with van der Waals surface area (Å²) < 4.78 is 5.93. The van der Waals surface area contributed by atoms with Crippen molar-refractivity contribution in [2.75, 3.05) is 10.2 Å². The molecule has 1 spiro atoms. The first kappa shape index (κ1) is 23.7. The van der Waals surface area contributed by atoms with Crippen LogP contribution in [0.25, 0.3) is 0 Å². The van der Waals surface area contributed by atoms with E-state index in [4.69, 9.17) is 4.74 Å². The summed E-state index contributed by atoms with van der Waals surface area (Å²) in [6, 6.07) is 20.4. The molecule has 2 heterocycles. The molecule has 3 unspecified atom stereocenters. The topological polar surface area (TPSA) is 117 Å². The van der Waals surface area contributed by atoms with Crippen LogP contribution in [0.15, 0.2) is 72.8 Å². The third kappa shape index (κ3) is 3.87. The fraction of sp³-hybridized carbons (Fsp3) is 0.241. The van der Waals surface area contributed by atoms with Crippen molar-refractivity contribution in [2.24, 2.45) is 0 Å². The quantitative estimate of drug-likeness (QED) is 0.456. The minimum atomic E-state index is -0.992. The molecule has 2 aliphatic heterocycles. The van der Waals surface area contributed by atoms with Gasteiger partial charge in [-0.3, -0.25) is 24.6 Å². The zero-order valence-corrected chi connectivity index (χ0v) is 20.7. The lowest BCUT2D eigenvalue weighted by molar-refractivity contribution is -0.129. The van der Waals surface area contributed by atoms with Crippen molar-refractivity contribution in [1.29, 1.82) is 0 Å². The smallest absolute Gasteiger partial charge is 0.322 e. The molecule has 3 aromatic rings. The number of hydrogen-bond donors (Lipinski definition) is 3. The Hall–Kier alpha value is -4.66. The summed E-state index contributed by atoms with van der Waals surface area (Å²) in [4.78, 5) is 53.2. The number of amides is 5. The van der Waals surface area contributed by atoms with E-state index in [0.29, 0.717) is 42.0 Å². The van der Waals surface area contributed by atoms with E-state index in [9.17, 15) is 19.2 Å². The van der Waals surface area contributed by atoms with Crippen LogP contribution in [0.5, 0.6) is 5.75 Å². The maximum atomic E-state index is 13.9. The van der Waals surface area contributed by atoms with Gasteiger partial charge in [0.2, 0.25) is 0 Å². The van der Waals surface area contributed by atoms with Gasteiger partial charge in [0.15, 0.2) is 6.10 Å². The molecular formula is C29H26N4O5. The van der Waals surface area contributed by atoms with Gasteiger partial charge in [-0.2, -0.15) is 0 Å². The third-order valence-electron chi connectivity index (χ3n) is 7.37. The molecule has 6 rings (SSSR count). The number of anilines is 2. The fourth-order valence-electron chi connectivity index (χ4n) is 5.55. The molecule has 1 aliphatic carbocycles. The van der Waals surface area contributed by atoms with Crippen molar-refractivity contribution in [1.82, 2.24) is 10.6 Å². The molecule has 3 N–H and O–H groups in total. The second kappa shape index (κ2) is 9.02. The van der Waals surface area contributed by atoms with Gasteiger partial charge in [-0.15, -0.1) is 0 Å². The van der Waals surface area contributed by atoms with Gasteiger partial charge < -0.3 is 15.4 Å². The average Bonchev–Trinajstić information content (AvgIpc) is 3.42. The molecule has 9 nitrogen and oxygen atoms in total. The first-order valence-corrected chi connectivity index (χ1v) is 12.6. The lowest BCUT2D eigenvalue weighted by atomic mass is 9.96. The Morgan fingerprint density at radius 2 is 1.76 bits per heavy atom. The largest absolute Gasteiger partial charge is 0.478 e. The number of benzene rings is 3. The normalized spacial score (nSPS) is 22.3. The van der Waals surface area contributed by atoms with Crippen LogP contribution in [0.3, 0.4) is 0 Å². The molecule has 38 heavy (non-hydrogen) atoms. The third-order valence-corrected chi connectivity index (χ3v) is 7.37. The molecular weight excluding hydrogens is 484 g/mol. The van der Waals surface area contributed by atoms with Crippen LogP contribution < -0.4 is 25.6 Å². The molecule has 0 aromatic heterocycles. The van der Waals surface area contributed by atoms with Crippen LogP contribution in [0.1, 0.15) is 36.1 Å². The lowest BCUT2D eigenvalue weighted by Crippen LogP contribution is -2.50. The number of urea groups is 1. The molecule has 0 radical (unpaired) electrons. The predicted molar refractivity (Wildman–Crippen MR) is 140 cm³/mol. The Bertz CT molecular complexity index is 1470. The van der Waals surface area contributed by atoms with Gasteiger partial charge in [0.1, 0.15) is 17.3 Å². The first-order valence-electron chi connectivity index (χ1n) is 12.6. The number of fused-ring (bicyclic) bond motifs is 2. The van der Waals surface area contributed by atoms with Crippen molar-refractivity contribution in [3.8, 4) is 5.75 Å². The van der Waals surface area contributed by atoms with Gasteiger partial charge in [-0.25, -0.2) is 4.79 Å². The van der Waals surface area contributed by atoms with Gasteiger partial charge in [0, 0.05) is 18.5 Å². The summed E-state index contributed by atoms with van der Waals surface area (Å²) in [5, 5.41) is 8.05. The minimum Gasteiger partial charge on any atom is -0.478 e. The summed E-state index contributed by atoms with van der Waals surface area (Å²) in [7, 11) is 0. The van der Waals surface area contributed by atoms with E-state index in [1.165, 1.54) is 4.90 Å². The molecule has 1 fully saturated rings. The second-order valence-electron chi connectivity index (χ2n) is 9.82. The van der Waals surface area contributed by atoms with E-state index in [0.717, 1.165) is 11.1 Å². The van der Waals surface area contributed by atoms with Crippen LogP contribution >= 0.6 is 0 Å². The summed E-state index contributed by atoms with van der Waals surface area (Å²) >= 11 is 0. The molecule has 3 aromatic carbocycles. The van der Waals surface area contributed by atoms with E-state index in [2.05, 4.69) is 16.0 Å². The van der Waals surface area contributed by atoms with Gasteiger partial charge in [0.05, 0.1) is 5.69 Å². The summed E-state index contributed by atoms with van der Waals surface area (Å²) in [5.74, 6) is -0.458. The van der Waals surface area contributed by atoms with Crippen molar-refractivity contribution in [3.63, 3.8) is 0 Å². The van der Waals surface area contributed by atoms with E-state index in [-0.39, 0.29) is 17.7 Å². The van der Waals surface area contributed by atoms with Crippen LogP contribution in [-0.4, -0.2) is 35.4 Å². The Balaban J connectivity index is 1.34. The highest BCUT2D eigenvalue weighted by Gasteiger charge is 2.50. The number of para-hydroxylation sites is 2. The zero-order valence-electron chi connectivity index (χ0n) is 20.7. The van der Waals surface area contributed by atoms with E-state index < -0.39 is 23.7 Å². The number of carbonyl (C=O) groups excluding carboxylic acids is 4. The minimum absolute atomic E-state index is 0.283. The first-order chi connectivity index (χ1) is 18.4. The van der Waals surface area contributed by atoms with Crippen LogP contribution in [0.4, 0.5) is 16.2 Å². The van der Waals surface area contributed by atoms with E-state index in [1.54, 1.807) is 18.2 Å². The molecule has 192 valence electrons. The molecule has 3 aliphatic rings. The number of nitrogens with zero attached hydrogens (tertiary/aromatic N) is 1. The number of imide groups is 1. The van der Waals surface area contributed by atoms with Gasteiger partial charge in [0.25, 0.3) is 17.7 Å². The SMILES string of the molecule is CCC1Oc2ccccc2N(C(C(=O)Nc2ccc3c(c2)CC2(C3)NC(=O)NC2=O)c2ccccc2)C1=O. The highest BCUT2D eigenvalue weighted by Crippen LogP contribution is 2.40. The van der Waals surface area contributed by atoms with Crippen LogP contribution in [0.2, 0.25) is 0 Å². The zero-order chi connectivity index (χ0) is 26.4. The summed E-state index contributed by atoms with van der Waals surface area (Å²) in [6.45, 7) is 1.87. The maximum absolute atomic E-state index is 13.9. The van der Waals surface area contributed by atoms with Crippen molar-refractivity contribution < 1.29 is 23.9 Å². The molecule has 3 atom stereocenters. The Morgan fingerprint density at radius 1 is 1.03 bits per heavy atom. The second-order valence-corrected chi connectivity index (χ2v) is 9.82. The predicted octanol–water partition coefficient (Wildman–Crippen LogP) is 3.25. The molecule has 0 saturated carbocycles. The Morgan fingerprint density at radius 3 is 2.50 bits per heavy atom. The van der Waals surface area contributed by atoms with E-state index >= 15 is 0 Å². The van der Waals surface area contributed by atoms with Crippen LogP contribution in [-0.2, 0) is 27.2 Å². The number of carbonyl (C=O) groups is 4. The van der Waals surface area contributed by atoms with Crippen LogP contribution in [0, 0.1) is 0 Å². The van der Waals surface area contributed by atoms with Gasteiger partial charge >= 0.3 is 6.03 Å². The molecule has 0 bridgehead atoms. The lowest BCUT2D eigenvalue weighted by Gasteiger charge is -2.38. The number of ether oxygens (including phenoxy) is 1. The van der Waals surface area contributed by atoms with Crippen molar-refractivity contribution in [3.05, 3.63) is 89.5 Å². The fourth-order valence-corrected chi connectivity index (χ4v) is 5.55. The maximum Gasteiger partial charge on any atom is 0.322 e. The Labute approximate surface area is 219 Å². The monoisotopic (exact) mass is 510 g/mol. The molecule has 9 heteroatoms. The number of nitrogens with one attached hydrogen (secondary N) is 3. The average molecular weight is 511 g/mol. The molecule has 1 saturated heterocycles. The number of hydrogen-bond acceptors (Lipinski definition) is 5.